The molecule has 6 heteroatoms. The molecule has 0 bridgehead atoms. The van der Waals surface area contributed by atoms with Crippen LogP contribution in [-0.2, 0) is 20.4 Å². The van der Waals surface area contributed by atoms with Gasteiger partial charge in [0, 0.05) is 0 Å². The molecule has 0 saturated carbocycles. The van der Waals surface area contributed by atoms with Crippen LogP contribution in [0.4, 0.5) is 4.79 Å². The van der Waals surface area contributed by atoms with Gasteiger partial charge in [0.05, 0.1) is 18.1 Å². The number of carbonyl (C=O) groups is 2. The van der Waals surface area contributed by atoms with Gasteiger partial charge in [0.25, 0.3) is 0 Å². The standard InChI is InChI=1S/C28H37NO4Si/c1-21(26(30)29-24(20-32-27(29)31)19-23-15-11-8-12-16-23)25(33-34(5,6)28(2,3)4)18-17-22-13-9-7-10-14-22/h7-18,21,24-25H,19-20H2,1-6H3/b18-17+/t21-,24-,25+/m0/s1. The predicted octanol–water partition coefficient (Wildman–Crippen LogP) is 6.32. The van der Waals surface area contributed by atoms with Crippen LogP contribution >= 0.6 is 0 Å². The molecule has 0 aromatic heterocycles. The lowest BCUT2D eigenvalue weighted by Crippen LogP contribution is -2.50. The predicted molar refractivity (Wildman–Crippen MR) is 139 cm³/mol. The molecule has 182 valence electrons. The maximum Gasteiger partial charge on any atom is 0.416 e. The highest BCUT2D eigenvalue weighted by molar-refractivity contribution is 6.74. The Labute approximate surface area is 204 Å². The maximum absolute atomic E-state index is 13.7. The monoisotopic (exact) mass is 479 g/mol. The van der Waals surface area contributed by atoms with E-state index in [0.717, 1.165) is 11.1 Å². The number of cyclic esters (lactones) is 1. The second-order valence-corrected chi connectivity index (χ2v) is 15.3. The van der Waals surface area contributed by atoms with Crippen molar-refractivity contribution in [3.63, 3.8) is 0 Å². The highest BCUT2D eigenvalue weighted by Crippen LogP contribution is 2.38. The van der Waals surface area contributed by atoms with Gasteiger partial charge in [-0.1, -0.05) is 101 Å². The molecule has 1 fully saturated rings. The molecule has 0 spiro atoms. The van der Waals surface area contributed by atoms with Crippen molar-refractivity contribution >= 4 is 26.4 Å². The molecular weight excluding hydrogens is 442 g/mol. The van der Waals surface area contributed by atoms with Gasteiger partial charge in [0.1, 0.15) is 6.61 Å². The summed E-state index contributed by atoms with van der Waals surface area (Å²) >= 11 is 0. The Kier molecular flexibility index (Phi) is 8.15. The maximum atomic E-state index is 13.7. The molecule has 5 nitrogen and oxygen atoms in total. The zero-order chi connectivity index (χ0) is 24.9. The van der Waals surface area contributed by atoms with Gasteiger partial charge in [-0.2, -0.15) is 0 Å². The Morgan fingerprint density at radius 1 is 1.12 bits per heavy atom. The van der Waals surface area contributed by atoms with Gasteiger partial charge in [-0.05, 0) is 35.7 Å². The number of benzene rings is 2. The number of rotatable bonds is 8. The number of ether oxygens (including phenoxy) is 1. The molecule has 0 N–H and O–H groups in total. The van der Waals surface area contributed by atoms with Crippen LogP contribution in [-0.4, -0.2) is 44.0 Å². The van der Waals surface area contributed by atoms with E-state index in [9.17, 15) is 9.59 Å². The number of hydrogen-bond donors (Lipinski definition) is 0. The lowest BCUT2D eigenvalue weighted by molar-refractivity contribution is -0.135. The third-order valence-electron chi connectivity index (χ3n) is 6.91. The van der Waals surface area contributed by atoms with Gasteiger partial charge in [0.15, 0.2) is 8.32 Å². The van der Waals surface area contributed by atoms with Crippen LogP contribution in [0.3, 0.4) is 0 Å². The average Bonchev–Trinajstić information content (AvgIpc) is 3.16. The Bertz CT molecular complexity index is 998. The highest BCUT2D eigenvalue weighted by atomic mass is 28.4. The van der Waals surface area contributed by atoms with Gasteiger partial charge in [-0.3, -0.25) is 4.79 Å². The lowest BCUT2D eigenvalue weighted by atomic mass is 9.99. The SMILES string of the molecule is C[C@H](C(=O)N1C(=O)OC[C@@H]1Cc1ccccc1)[C@@H](/C=C/c1ccccc1)O[Si](C)(C)C(C)(C)C. The third-order valence-corrected chi connectivity index (χ3v) is 11.4. The minimum atomic E-state index is -2.19. The van der Waals surface area contributed by atoms with Gasteiger partial charge in [-0.15, -0.1) is 0 Å². The van der Waals surface area contributed by atoms with Crippen LogP contribution in [0, 0.1) is 5.92 Å². The van der Waals surface area contributed by atoms with Crippen molar-refractivity contribution in [2.24, 2.45) is 5.92 Å². The first kappa shape index (κ1) is 25.9. The average molecular weight is 480 g/mol. The van der Waals surface area contributed by atoms with E-state index < -0.39 is 26.4 Å². The Hall–Kier alpha value is -2.70. The van der Waals surface area contributed by atoms with E-state index in [1.807, 2.05) is 79.7 Å². The van der Waals surface area contributed by atoms with Gasteiger partial charge >= 0.3 is 6.09 Å². The zero-order valence-electron chi connectivity index (χ0n) is 21.2. The molecule has 1 heterocycles. The van der Waals surface area contributed by atoms with Crippen LogP contribution in [0.1, 0.15) is 38.8 Å². The van der Waals surface area contributed by atoms with Crippen molar-refractivity contribution in [2.45, 2.75) is 64.4 Å². The fourth-order valence-electron chi connectivity index (χ4n) is 3.72. The van der Waals surface area contributed by atoms with E-state index in [4.69, 9.17) is 9.16 Å². The number of amides is 2. The van der Waals surface area contributed by atoms with E-state index in [-0.39, 0.29) is 23.6 Å². The molecule has 1 aliphatic rings. The normalized spacial score (nSPS) is 18.7. The summed E-state index contributed by atoms with van der Waals surface area (Å²) in [5.41, 5.74) is 2.10. The van der Waals surface area contributed by atoms with Crippen molar-refractivity contribution in [3.8, 4) is 0 Å². The molecule has 0 radical (unpaired) electrons. The van der Waals surface area contributed by atoms with Gasteiger partial charge in [0.2, 0.25) is 5.91 Å². The lowest BCUT2D eigenvalue weighted by Gasteiger charge is -2.40. The van der Waals surface area contributed by atoms with Crippen LogP contribution in [0.5, 0.6) is 0 Å². The van der Waals surface area contributed by atoms with E-state index in [1.54, 1.807) is 0 Å². The summed E-state index contributed by atoms with van der Waals surface area (Å²) in [6.45, 7) is 12.9. The van der Waals surface area contributed by atoms with Crippen molar-refractivity contribution < 1.29 is 18.8 Å². The minimum absolute atomic E-state index is 0.0168. The molecule has 2 aromatic rings. The van der Waals surface area contributed by atoms with Crippen LogP contribution in [0.2, 0.25) is 18.1 Å². The molecule has 0 aliphatic carbocycles. The summed E-state index contributed by atoms with van der Waals surface area (Å²) in [5, 5.41) is -0.0168. The topological polar surface area (TPSA) is 55.8 Å². The molecule has 3 atom stereocenters. The van der Waals surface area contributed by atoms with Gasteiger partial charge in [-0.25, -0.2) is 9.69 Å². The number of hydrogen-bond acceptors (Lipinski definition) is 4. The Morgan fingerprint density at radius 3 is 2.29 bits per heavy atom. The van der Waals surface area contributed by atoms with E-state index in [2.05, 4.69) is 33.9 Å². The summed E-state index contributed by atoms with van der Waals surface area (Å²) in [7, 11) is -2.19. The fourth-order valence-corrected chi connectivity index (χ4v) is 5.04. The van der Waals surface area contributed by atoms with Crippen molar-refractivity contribution in [3.05, 3.63) is 77.9 Å². The highest BCUT2D eigenvalue weighted by Gasteiger charge is 2.44. The molecule has 2 amide bonds. The summed E-state index contributed by atoms with van der Waals surface area (Å²) in [6, 6.07) is 19.5. The van der Waals surface area contributed by atoms with E-state index in [0.29, 0.717) is 6.42 Å². The molecule has 1 saturated heterocycles. The second-order valence-electron chi connectivity index (χ2n) is 10.5. The second kappa shape index (κ2) is 10.7. The molecule has 0 unspecified atom stereocenters. The smallest absolute Gasteiger partial charge is 0.416 e. The first-order valence-corrected chi connectivity index (χ1v) is 14.9. The molecule has 34 heavy (non-hydrogen) atoms. The first-order valence-electron chi connectivity index (χ1n) is 11.9. The zero-order valence-corrected chi connectivity index (χ0v) is 22.2. The Morgan fingerprint density at radius 2 is 1.71 bits per heavy atom. The Balaban J connectivity index is 1.85. The van der Waals surface area contributed by atoms with Crippen molar-refractivity contribution in [2.75, 3.05) is 6.61 Å². The van der Waals surface area contributed by atoms with Crippen LogP contribution in [0.25, 0.3) is 6.08 Å². The number of nitrogens with zero attached hydrogens (tertiary/aromatic N) is 1. The van der Waals surface area contributed by atoms with Gasteiger partial charge < -0.3 is 9.16 Å². The summed E-state index contributed by atoms with van der Waals surface area (Å²) in [4.78, 5) is 27.6. The first-order chi connectivity index (χ1) is 16.0. The van der Waals surface area contributed by atoms with Crippen LogP contribution < -0.4 is 0 Å². The van der Waals surface area contributed by atoms with Crippen LogP contribution in [0.15, 0.2) is 66.7 Å². The summed E-state index contributed by atoms with van der Waals surface area (Å²) in [5.74, 6) is -0.803. The largest absolute Gasteiger partial charge is 0.447 e. The summed E-state index contributed by atoms with van der Waals surface area (Å²) < 4.78 is 12.0. The molecular formula is C28H37NO4Si. The van der Waals surface area contributed by atoms with Crippen molar-refractivity contribution in [1.82, 2.24) is 4.90 Å². The van der Waals surface area contributed by atoms with E-state index >= 15 is 0 Å². The summed E-state index contributed by atoms with van der Waals surface area (Å²) in [6.07, 6.45) is 3.49. The van der Waals surface area contributed by atoms with Crippen molar-refractivity contribution in [1.29, 1.82) is 0 Å². The molecule has 2 aromatic carbocycles. The quantitative estimate of drug-likeness (QED) is 0.416. The minimum Gasteiger partial charge on any atom is -0.447 e. The third kappa shape index (κ3) is 6.24. The number of imide groups is 1. The van der Waals surface area contributed by atoms with E-state index in [1.165, 1.54) is 4.90 Å². The molecule has 3 rings (SSSR count). The molecule has 1 aliphatic heterocycles. The fraction of sp³-hybridized carbons (Fsp3) is 0.429. The number of carbonyl (C=O) groups excluding carboxylic acids is 2.